The first kappa shape index (κ1) is 12.0. The van der Waals surface area contributed by atoms with E-state index in [0.29, 0.717) is 0 Å². The van der Waals surface area contributed by atoms with Gasteiger partial charge in [0.25, 0.3) is 0 Å². The molecule has 0 spiro atoms. The molecule has 0 aliphatic heterocycles. The molecule has 0 saturated heterocycles. The molecular weight excluding hydrogens is 195 g/mol. The maximum absolute atomic E-state index is 10.8. The van der Waals surface area contributed by atoms with Crippen LogP contribution >= 0.6 is 0 Å². The minimum atomic E-state index is -0.931. The molecule has 0 aromatic carbocycles. The van der Waals surface area contributed by atoms with Gasteiger partial charge in [-0.05, 0) is 31.1 Å². The second-order valence-electron chi connectivity index (χ2n) is 4.06. The van der Waals surface area contributed by atoms with Crippen molar-refractivity contribution in [2.75, 3.05) is 0 Å². The van der Waals surface area contributed by atoms with E-state index in [1.807, 2.05) is 0 Å². The van der Waals surface area contributed by atoms with Crippen molar-refractivity contribution in [3.8, 4) is 0 Å². The van der Waals surface area contributed by atoms with Crippen LogP contribution in [0.2, 0.25) is 0 Å². The van der Waals surface area contributed by atoms with Gasteiger partial charge in [-0.2, -0.15) is 0 Å². The van der Waals surface area contributed by atoms with E-state index in [1.165, 1.54) is 0 Å². The van der Waals surface area contributed by atoms with Gasteiger partial charge in [0.05, 0.1) is 11.8 Å². The van der Waals surface area contributed by atoms with Crippen molar-refractivity contribution < 1.29 is 19.8 Å². The van der Waals surface area contributed by atoms with Crippen molar-refractivity contribution in [1.29, 1.82) is 0 Å². The first-order valence-electron chi connectivity index (χ1n) is 4.57. The van der Waals surface area contributed by atoms with E-state index >= 15 is 0 Å². The Morgan fingerprint density at radius 3 is 1.57 bits per heavy atom. The Balaban J connectivity index is 0.000000980. The summed E-state index contributed by atoms with van der Waals surface area (Å²) < 4.78 is 0. The zero-order chi connectivity index (χ0) is 9.59. The van der Waals surface area contributed by atoms with Gasteiger partial charge in [-0.15, -0.1) is 0 Å². The summed E-state index contributed by atoms with van der Waals surface area (Å²) >= 11 is 0. The molecule has 74 valence electrons. The van der Waals surface area contributed by atoms with E-state index in [0.717, 1.165) is 19.3 Å². The standard InChI is InChI=1S/C9H12O4.Na.H/c10-8(11)6-4-1-2-5(3-4)7(6)9(12)13;;/h4-7H,1-3H2,(H,10,11)(H,12,13);;. The summed E-state index contributed by atoms with van der Waals surface area (Å²) in [5.74, 6) is -2.89. The molecule has 0 radical (unpaired) electrons. The fourth-order valence-corrected chi connectivity index (χ4v) is 3.00. The number of carboxylic acids is 2. The number of carboxylic acid groups (broad SMARTS) is 2. The summed E-state index contributed by atoms with van der Waals surface area (Å²) in [7, 11) is 0. The molecule has 0 aromatic rings. The third-order valence-electron chi connectivity index (χ3n) is 3.49. The average molecular weight is 208 g/mol. The van der Waals surface area contributed by atoms with Gasteiger partial charge in [0.2, 0.25) is 0 Å². The maximum atomic E-state index is 10.8. The van der Waals surface area contributed by atoms with E-state index in [2.05, 4.69) is 0 Å². The van der Waals surface area contributed by atoms with Crippen LogP contribution in [0.15, 0.2) is 0 Å². The van der Waals surface area contributed by atoms with Crippen LogP contribution < -0.4 is 0 Å². The van der Waals surface area contributed by atoms with E-state index in [4.69, 9.17) is 10.2 Å². The van der Waals surface area contributed by atoms with Gasteiger partial charge in [0.15, 0.2) is 0 Å². The molecule has 4 nitrogen and oxygen atoms in total. The van der Waals surface area contributed by atoms with Gasteiger partial charge < -0.3 is 10.2 Å². The molecule has 2 aliphatic rings. The van der Waals surface area contributed by atoms with Crippen molar-refractivity contribution >= 4 is 41.5 Å². The molecule has 4 unspecified atom stereocenters. The van der Waals surface area contributed by atoms with Crippen LogP contribution in [0, 0.1) is 23.7 Å². The fraction of sp³-hybridized carbons (Fsp3) is 0.778. The molecule has 0 amide bonds. The molecule has 2 N–H and O–H groups in total. The molecule has 2 rings (SSSR count). The van der Waals surface area contributed by atoms with Crippen LogP contribution in [0.4, 0.5) is 0 Å². The van der Waals surface area contributed by atoms with Crippen molar-refractivity contribution in [3.63, 3.8) is 0 Å². The molecule has 2 fully saturated rings. The minimum absolute atomic E-state index is 0. The third kappa shape index (κ3) is 1.71. The molecule has 4 atom stereocenters. The Bertz CT molecular complexity index is 240. The summed E-state index contributed by atoms with van der Waals surface area (Å²) in [5, 5.41) is 17.8. The monoisotopic (exact) mass is 208 g/mol. The zero-order valence-electron chi connectivity index (χ0n) is 7.14. The van der Waals surface area contributed by atoms with Gasteiger partial charge in [0.1, 0.15) is 0 Å². The number of hydrogen-bond donors (Lipinski definition) is 2. The average Bonchev–Trinajstić information content (AvgIpc) is 2.60. The van der Waals surface area contributed by atoms with Crippen LogP contribution in [0.5, 0.6) is 0 Å². The third-order valence-corrected chi connectivity index (χ3v) is 3.49. The molecule has 5 heteroatoms. The first-order chi connectivity index (χ1) is 6.11. The van der Waals surface area contributed by atoms with Crippen LogP contribution in [0.1, 0.15) is 19.3 Å². The number of hydrogen-bond acceptors (Lipinski definition) is 2. The summed E-state index contributed by atoms with van der Waals surface area (Å²) in [4.78, 5) is 21.7. The summed E-state index contributed by atoms with van der Waals surface area (Å²) in [5.41, 5.74) is 0. The van der Waals surface area contributed by atoms with Crippen LogP contribution in [0.3, 0.4) is 0 Å². The van der Waals surface area contributed by atoms with Gasteiger partial charge >= 0.3 is 41.5 Å². The van der Waals surface area contributed by atoms with Crippen LogP contribution in [-0.4, -0.2) is 51.7 Å². The molecule has 2 saturated carbocycles. The van der Waals surface area contributed by atoms with Crippen molar-refractivity contribution in [2.45, 2.75) is 19.3 Å². The van der Waals surface area contributed by atoms with E-state index in [1.54, 1.807) is 0 Å². The quantitative estimate of drug-likeness (QED) is 0.634. The second-order valence-corrected chi connectivity index (χ2v) is 4.06. The summed E-state index contributed by atoms with van der Waals surface area (Å²) in [6, 6.07) is 0. The summed E-state index contributed by atoms with van der Waals surface area (Å²) in [6.07, 6.45) is 2.59. The van der Waals surface area contributed by atoms with Crippen molar-refractivity contribution in [3.05, 3.63) is 0 Å². The van der Waals surface area contributed by atoms with E-state index in [-0.39, 0.29) is 41.4 Å². The first-order valence-corrected chi connectivity index (χ1v) is 4.57. The number of rotatable bonds is 2. The Labute approximate surface area is 104 Å². The van der Waals surface area contributed by atoms with Gasteiger partial charge in [-0.3, -0.25) is 9.59 Å². The SMILES string of the molecule is O=C(O)C1C2CCC(C2)C1C(=O)O.[NaH]. The van der Waals surface area contributed by atoms with Crippen molar-refractivity contribution in [2.24, 2.45) is 23.7 Å². The zero-order valence-corrected chi connectivity index (χ0v) is 7.14. The molecule has 2 bridgehead atoms. The Hall–Kier alpha value is -0.0600. The molecular formula is C9H13NaO4. The Kier molecular flexibility index (Phi) is 3.61. The molecule has 14 heavy (non-hydrogen) atoms. The number of fused-ring (bicyclic) bond motifs is 2. The molecule has 0 heterocycles. The predicted octanol–water partition coefficient (Wildman–Crippen LogP) is 0.169. The van der Waals surface area contributed by atoms with Gasteiger partial charge in [-0.1, -0.05) is 0 Å². The Morgan fingerprint density at radius 1 is 0.929 bits per heavy atom. The molecule has 2 aliphatic carbocycles. The topological polar surface area (TPSA) is 74.6 Å². The van der Waals surface area contributed by atoms with Gasteiger partial charge in [0, 0.05) is 0 Å². The second kappa shape index (κ2) is 4.21. The summed E-state index contributed by atoms with van der Waals surface area (Å²) in [6.45, 7) is 0. The van der Waals surface area contributed by atoms with E-state index < -0.39 is 23.8 Å². The predicted molar refractivity (Wildman–Crippen MR) is 50.2 cm³/mol. The number of aliphatic carboxylic acids is 2. The van der Waals surface area contributed by atoms with Crippen LogP contribution in [0.25, 0.3) is 0 Å². The molecule has 0 aromatic heterocycles. The van der Waals surface area contributed by atoms with Crippen LogP contribution in [-0.2, 0) is 9.59 Å². The van der Waals surface area contributed by atoms with E-state index in [9.17, 15) is 9.59 Å². The normalized spacial score (nSPS) is 39.1. The van der Waals surface area contributed by atoms with Gasteiger partial charge in [-0.25, -0.2) is 0 Å². The number of carbonyl (C=O) groups is 2. The Morgan fingerprint density at radius 2 is 1.29 bits per heavy atom. The van der Waals surface area contributed by atoms with Crippen molar-refractivity contribution in [1.82, 2.24) is 0 Å². The fourth-order valence-electron chi connectivity index (χ4n) is 3.00.